The number of sulfonamides is 1. The molecule has 0 atom stereocenters. The van der Waals surface area contributed by atoms with Crippen LogP contribution in [0.3, 0.4) is 0 Å². The van der Waals surface area contributed by atoms with Crippen LogP contribution in [-0.4, -0.2) is 46.1 Å². The average molecular weight is 332 g/mol. The summed E-state index contributed by atoms with van der Waals surface area (Å²) in [6.45, 7) is 10.1. The maximum atomic E-state index is 12.7. The van der Waals surface area contributed by atoms with Crippen LogP contribution in [0.25, 0.3) is 0 Å². The SMILES string of the molecule is C=CCN(CCOC)S(=O)(=O)c1cc(C)c(CNCC)s1. The van der Waals surface area contributed by atoms with Gasteiger partial charge in [0.25, 0.3) is 10.0 Å². The highest BCUT2D eigenvalue weighted by atomic mass is 32.2. The van der Waals surface area contributed by atoms with Crippen molar-refractivity contribution in [2.24, 2.45) is 0 Å². The van der Waals surface area contributed by atoms with Gasteiger partial charge in [-0.1, -0.05) is 13.0 Å². The lowest BCUT2D eigenvalue weighted by Gasteiger charge is -2.19. The molecule has 21 heavy (non-hydrogen) atoms. The Hall–Kier alpha value is -0.730. The summed E-state index contributed by atoms with van der Waals surface area (Å²) < 4.78 is 32.1. The minimum Gasteiger partial charge on any atom is -0.383 e. The monoisotopic (exact) mass is 332 g/mol. The fourth-order valence-corrected chi connectivity index (χ4v) is 4.91. The Kier molecular flexibility index (Phi) is 7.55. The van der Waals surface area contributed by atoms with Crippen LogP contribution in [0.2, 0.25) is 0 Å². The number of hydrogen-bond acceptors (Lipinski definition) is 5. The summed E-state index contributed by atoms with van der Waals surface area (Å²) in [6, 6.07) is 1.75. The van der Waals surface area contributed by atoms with E-state index >= 15 is 0 Å². The lowest BCUT2D eigenvalue weighted by molar-refractivity contribution is 0.182. The molecule has 0 aliphatic heterocycles. The van der Waals surface area contributed by atoms with Crippen molar-refractivity contribution in [3.05, 3.63) is 29.2 Å². The van der Waals surface area contributed by atoms with Gasteiger partial charge in [-0.05, 0) is 25.1 Å². The van der Waals surface area contributed by atoms with E-state index in [1.54, 1.807) is 19.3 Å². The molecule has 0 amide bonds. The third-order valence-corrected chi connectivity index (χ3v) is 6.56. The van der Waals surface area contributed by atoms with Crippen LogP contribution in [0.4, 0.5) is 0 Å². The van der Waals surface area contributed by atoms with Gasteiger partial charge in [-0.15, -0.1) is 17.9 Å². The van der Waals surface area contributed by atoms with Gasteiger partial charge in [0.15, 0.2) is 0 Å². The van der Waals surface area contributed by atoms with Crippen LogP contribution in [0.1, 0.15) is 17.4 Å². The van der Waals surface area contributed by atoms with Crippen LogP contribution in [0.5, 0.6) is 0 Å². The Morgan fingerprint density at radius 1 is 1.52 bits per heavy atom. The van der Waals surface area contributed by atoms with E-state index in [4.69, 9.17) is 4.74 Å². The van der Waals surface area contributed by atoms with Crippen LogP contribution in [-0.2, 0) is 21.3 Å². The van der Waals surface area contributed by atoms with Crippen molar-refractivity contribution in [1.82, 2.24) is 9.62 Å². The van der Waals surface area contributed by atoms with Crippen molar-refractivity contribution < 1.29 is 13.2 Å². The maximum Gasteiger partial charge on any atom is 0.252 e. The molecule has 1 aromatic rings. The largest absolute Gasteiger partial charge is 0.383 e. The molecule has 120 valence electrons. The highest BCUT2D eigenvalue weighted by Gasteiger charge is 2.26. The van der Waals surface area contributed by atoms with E-state index in [9.17, 15) is 8.42 Å². The fraction of sp³-hybridized carbons (Fsp3) is 0.571. The molecular weight excluding hydrogens is 308 g/mol. The molecule has 0 saturated heterocycles. The summed E-state index contributed by atoms with van der Waals surface area (Å²) in [5, 5.41) is 3.22. The van der Waals surface area contributed by atoms with E-state index in [1.807, 2.05) is 13.8 Å². The van der Waals surface area contributed by atoms with Crippen LogP contribution in [0, 0.1) is 6.92 Å². The summed E-state index contributed by atoms with van der Waals surface area (Å²) in [4.78, 5) is 1.06. The Morgan fingerprint density at radius 2 is 2.24 bits per heavy atom. The van der Waals surface area contributed by atoms with Crippen molar-refractivity contribution >= 4 is 21.4 Å². The minimum atomic E-state index is -3.49. The first kappa shape index (κ1) is 18.3. The summed E-state index contributed by atoms with van der Waals surface area (Å²) in [6.07, 6.45) is 1.59. The first-order chi connectivity index (χ1) is 9.97. The number of aryl methyl sites for hydroxylation is 1. The quantitative estimate of drug-likeness (QED) is 0.666. The predicted molar refractivity (Wildman–Crippen MR) is 87.3 cm³/mol. The Morgan fingerprint density at radius 3 is 2.81 bits per heavy atom. The van der Waals surface area contributed by atoms with E-state index in [0.29, 0.717) is 23.9 Å². The summed E-state index contributed by atoms with van der Waals surface area (Å²) >= 11 is 1.33. The molecule has 5 nitrogen and oxygen atoms in total. The van der Waals surface area contributed by atoms with Gasteiger partial charge in [0.05, 0.1) is 6.61 Å². The van der Waals surface area contributed by atoms with Crippen LogP contribution in [0.15, 0.2) is 22.9 Å². The molecule has 0 bridgehead atoms. The molecule has 0 fully saturated rings. The maximum absolute atomic E-state index is 12.7. The molecule has 1 N–H and O–H groups in total. The topological polar surface area (TPSA) is 58.6 Å². The number of methoxy groups -OCH3 is 1. The molecule has 1 rings (SSSR count). The number of ether oxygens (including phenoxy) is 1. The third kappa shape index (κ3) is 4.89. The van der Waals surface area contributed by atoms with Gasteiger partial charge in [-0.2, -0.15) is 4.31 Å². The Balaban J connectivity index is 3.01. The van der Waals surface area contributed by atoms with Crippen LogP contribution >= 0.6 is 11.3 Å². The Bertz CT molecular complexity index is 553. The highest BCUT2D eigenvalue weighted by Crippen LogP contribution is 2.28. The van der Waals surface area contributed by atoms with E-state index in [0.717, 1.165) is 17.0 Å². The molecule has 0 aromatic carbocycles. The van der Waals surface area contributed by atoms with Crippen molar-refractivity contribution in [2.45, 2.75) is 24.6 Å². The average Bonchev–Trinajstić information content (AvgIpc) is 2.83. The van der Waals surface area contributed by atoms with Crippen molar-refractivity contribution in [3.63, 3.8) is 0 Å². The standard InChI is InChI=1S/C14H24N2O3S2/c1-5-7-16(8-9-19-4)21(17,18)14-10-12(3)13(20-14)11-15-6-2/h5,10,15H,1,6-9,11H2,2-4H3. The number of rotatable bonds is 10. The second-order valence-corrected chi connectivity index (χ2v) is 7.90. The van der Waals surface area contributed by atoms with Gasteiger partial charge in [-0.25, -0.2) is 8.42 Å². The van der Waals surface area contributed by atoms with Gasteiger partial charge < -0.3 is 10.1 Å². The van der Waals surface area contributed by atoms with Gasteiger partial charge >= 0.3 is 0 Å². The molecule has 1 aromatic heterocycles. The normalized spacial score (nSPS) is 12.0. The molecule has 0 aliphatic rings. The first-order valence-corrected chi connectivity index (χ1v) is 9.13. The summed E-state index contributed by atoms with van der Waals surface area (Å²) in [7, 11) is -1.93. The van der Waals surface area contributed by atoms with E-state index in [2.05, 4.69) is 11.9 Å². The molecule has 0 saturated carbocycles. The number of thiophene rings is 1. The van der Waals surface area contributed by atoms with Crippen molar-refractivity contribution in [2.75, 3.05) is 33.4 Å². The highest BCUT2D eigenvalue weighted by molar-refractivity contribution is 7.91. The molecule has 0 spiro atoms. The van der Waals surface area contributed by atoms with Gasteiger partial charge in [0.1, 0.15) is 4.21 Å². The number of nitrogens with zero attached hydrogens (tertiary/aromatic N) is 1. The fourth-order valence-electron chi connectivity index (χ4n) is 1.80. The molecule has 7 heteroatoms. The smallest absolute Gasteiger partial charge is 0.252 e. The van der Waals surface area contributed by atoms with Gasteiger partial charge in [0, 0.05) is 31.6 Å². The van der Waals surface area contributed by atoms with Gasteiger partial charge in [0.2, 0.25) is 0 Å². The molecule has 0 aliphatic carbocycles. The second-order valence-electron chi connectivity index (χ2n) is 4.60. The molecule has 1 heterocycles. The zero-order valence-electron chi connectivity index (χ0n) is 12.9. The zero-order valence-corrected chi connectivity index (χ0v) is 14.5. The summed E-state index contributed by atoms with van der Waals surface area (Å²) in [5.74, 6) is 0. The van der Waals surface area contributed by atoms with Gasteiger partial charge in [-0.3, -0.25) is 0 Å². The molecular formula is C14H24N2O3S2. The van der Waals surface area contributed by atoms with Crippen LogP contribution < -0.4 is 5.32 Å². The van der Waals surface area contributed by atoms with Crippen molar-refractivity contribution in [1.29, 1.82) is 0 Å². The lowest BCUT2D eigenvalue weighted by atomic mass is 10.3. The first-order valence-electron chi connectivity index (χ1n) is 6.87. The predicted octanol–water partition coefficient (Wildman–Crippen LogP) is 1.99. The van der Waals surface area contributed by atoms with Crippen molar-refractivity contribution in [3.8, 4) is 0 Å². The third-order valence-electron chi connectivity index (χ3n) is 3.01. The van der Waals surface area contributed by atoms with E-state index in [-0.39, 0.29) is 6.54 Å². The van der Waals surface area contributed by atoms with E-state index in [1.165, 1.54) is 15.6 Å². The summed E-state index contributed by atoms with van der Waals surface area (Å²) in [5.41, 5.74) is 1.00. The lowest BCUT2D eigenvalue weighted by Crippen LogP contribution is -2.33. The minimum absolute atomic E-state index is 0.283. The molecule has 0 radical (unpaired) electrons. The number of nitrogens with one attached hydrogen (secondary N) is 1. The second kappa shape index (κ2) is 8.65. The number of hydrogen-bond donors (Lipinski definition) is 1. The van der Waals surface area contributed by atoms with E-state index < -0.39 is 10.0 Å². The molecule has 0 unspecified atom stereocenters. The Labute approximate surface area is 131 Å². The zero-order chi connectivity index (χ0) is 15.9.